The van der Waals surface area contributed by atoms with Crippen LogP contribution in [0.4, 0.5) is 0 Å². The topological polar surface area (TPSA) is 41.3 Å². The summed E-state index contributed by atoms with van der Waals surface area (Å²) < 4.78 is 5.29. The number of aromatic nitrogens is 1. The fourth-order valence-electron chi connectivity index (χ4n) is 3.04. The smallest absolute Gasteiger partial charge is 0.138 e. The fourth-order valence-corrected chi connectivity index (χ4v) is 3.04. The number of nitrogens with one attached hydrogen (secondary N) is 1. The van der Waals surface area contributed by atoms with Gasteiger partial charge in [-0.2, -0.15) is 0 Å². The Hall–Kier alpha value is -0.870. The van der Waals surface area contributed by atoms with Crippen molar-refractivity contribution in [1.82, 2.24) is 15.4 Å². The molecule has 1 aliphatic heterocycles. The zero-order valence-corrected chi connectivity index (χ0v) is 12.1. The highest BCUT2D eigenvalue weighted by Gasteiger charge is 2.27. The van der Waals surface area contributed by atoms with E-state index in [0.29, 0.717) is 6.04 Å². The second kappa shape index (κ2) is 5.63. The van der Waals surface area contributed by atoms with Crippen molar-refractivity contribution in [3.63, 3.8) is 0 Å². The number of hydrogen-bond donors (Lipinski definition) is 1. The lowest BCUT2D eigenvalue weighted by molar-refractivity contribution is 0.230. The lowest BCUT2D eigenvalue weighted by Gasteiger charge is -2.25. The highest BCUT2D eigenvalue weighted by Crippen LogP contribution is 2.31. The van der Waals surface area contributed by atoms with Crippen LogP contribution in [0.1, 0.15) is 42.7 Å². The van der Waals surface area contributed by atoms with Gasteiger partial charge in [0.25, 0.3) is 0 Å². The van der Waals surface area contributed by atoms with Crippen LogP contribution in [0, 0.1) is 19.8 Å². The van der Waals surface area contributed by atoms with Crippen LogP contribution in [0.15, 0.2) is 4.52 Å². The first-order chi connectivity index (χ1) is 9.22. The maximum absolute atomic E-state index is 5.29. The molecule has 4 heteroatoms. The number of hydrogen-bond acceptors (Lipinski definition) is 4. The second-order valence-electron chi connectivity index (χ2n) is 6.23. The molecule has 2 heterocycles. The third-order valence-corrected chi connectivity index (χ3v) is 4.42. The molecule has 106 valence electrons. The molecule has 1 aliphatic carbocycles. The summed E-state index contributed by atoms with van der Waals surface area (Å²) in [7, 11) is 0. The molecule has 0 spiro atoms. The average Bonchev–Trinajstić information content (AvgIpc) is 2.95. The van der Waals surface area contributed by atoms with Crippen LogP contribution < -0.4 is 5.32 Å². The monoisotopic (exact) mass is 263 g/mol. The summed E-state index contributed by atoms with van der Waals surface area (Å²) in [5.74, 6) is 1.92. The summed E-state index contributed by atoms with van der Waals surface area (Å²) in [6, 6.07) is 0.680. The van der Waals surface area contributed by atoms with Crippen molar-refractivity contribution in [3.05, 3.63) is 17.0 Å². The minimum Gasteiger partial charge on any atom is -0.361 e. The van der Waals surface area contributed by atoms with Crippen molar-refractivity contribution in [2.75, 3.05) is 19.6 Å². The second-order valence-corrected chi connectivity index (χ2v) is 6.23. The van der Waals surface area contributed by atoms with Gasteiger partial charge in [0.15, 0.2) is 0 Å². The summed E-state index contributed by atoms with van der Waals surface area (Å²) >= 11 is 0. The molecular weight excluding hydrogens is 238 g/mol. The van der Waals surface area contributed by atoms with E-state index >= 15 is 0 Å². The van der Waals surface area contributed by atoms with Gasteiger partial charge >= 0.3 is 0 Å². The molecule has 1 N–H and O–H groups in total. The standard InChI is InChI=1S/C15H25N3O/c1-11-15(12(2)19-17-11)10-18(8-13-5-6-13)9-14-4-3-7-16-14/h13-14,16H,3-10H2,1-2H3. The van der Waals surface area contributed by atoms with Crippen molar-refractivity contribution < 1.29 is 4.52 Å². The van der Waals surface area contributed by atoms with Crippen LogP contribution in [0.5, 0.6) is 0 Å². The van der Waals surface area contributed by atoms with Gasteiger partial charge in [0.05, 0.1) is 5.69 Å². The summed E-state index contributed by atoms with van der Waals surface area (Å²) in [6.07, 6.45) is 5.47. The van der Waals surface area contributed by atoms with E-state index in [1.54, 1.807) is 0 Å². The average molecular weight is 263 g/mol. The first-order valence-corrected chi connectivity index (χ1v) is 7.60. The molecule has 1 aromatic rings. The van der Waals surface area contributed by atoms with Crippen molar-refractivity contribution in [3.8, 4) is 0 Å². The molecule has 2 fully saturated rings. The molecule has 1 aromatic heterocycles. The number of rotatable bonds is 6. The van der Waals surface area contributed by atoms with Crippen LogP contribution in [0.2, 0.25) is 0 Å². The van der Waals surface area contributed by atoms with E-state index in [1.165, 1.54) is 50.9 Å². The highest BCUT2D eigenvalue weighted by molar-refractivity contribution is 5.20. The Bertz CT molecular complexity index is 400. The predicted octanol–water partition coefficient (Wildman–Crippen LogP) is 2.26. The Balaban J connectivity index is 1.63. The molecule has 2 aliphatic rings. The Morgan fingerprint density at radius 2 is 2.11 bits per heavy atom. The van der Waals surface area contributed by atoms with Crippen molar-refractivity contribution in [1.29, 1.82) is 0 Å². The van der Waals surface area contributed by atoms with Gasteiger partial charge in [0.1, 0.15) is 5.76 Å². The van der Waals surface area contributed by atoms with Gasteiger partial charge < -0.3 is 9.84 Å². The Labute approximate surface area is 115 Å². The molecule has 1 saturated heterocycles. The minimum absolute atomic E-state index is 0.680. The lowest BCUT2D eigenvalue weighted by Crippen LogP contribution is -2.38. The van der Waals surface area contributed by atoms with E-state index in [4.69, 9.17) is 4.52 Å². The van der Waals surface area contributed by atoms with E-state index in [1.807, 2.05) is 6.92 Å². The highest BCUT2D eigenvalue weighted by atomic mass is 16.5. The third kappa shape index (κ3) is 3.37. The Morgan fingerprint density at radius 3 is 2.68 bits per heavy atom. The quantitative estimate of drug-likeness (QED) is 0.855. The number of nitrogens with zero attached hydrogens (tertiary/aromatic N) is 2. The van der Waals surface area contributed by atoms with Crippen molar-refractivity contribution in [2.45, 2.75) is 52.1 Å². The van der Waals surface area contributed by atoms with E-state index < -0.39 is 0 Å². The molecule has 1 unspecified atom stereocenters. The predicted molar refractivity (Wildman–Crippen MR) is 75.0 cm³/mol. The van der Waals surface area contributed by atoms with Crippen LogP contribution in [-0.2, 0) is 6.54 Å². The number of aryl methyl sites for hydroxylation is 2. The zero-order valence-electron chi connectivity index (χ0n) is 12.1. The molecule has 3 rings (SSSR count). The Morgan fingerprint density at radius 1 is 1.26 bits per heavy atom. The Kier molecular flexibility index (Phi) is 3.89. The van der Waals surface area contributed by atoms with Gasteiger partial charge in [-0.15, -0.1) is 0 Å². The van der Waals surface area contributed by atoms with Crippen LogP contribution in [0.3, 0.4) is 0 Å². The van der Waals surface area contributed by atoms with Gasteiger partial charge in [-0.1, -0.05) is 5.16 Å². The summed E-state index contributed by atoms with van der Waals surface area (Å²) in [5.41, 5.74) is 2.34. The fraction of sp³-hybridized carbons (Fsp3) is 0.800. The minimum atomic E-state index is 0.680. The van der Waals surface area contributed by atoms with E-state index in [0.717, 1.165) is 23.9 Å². The molecule has 4 nitrogen and oxygen atoms in total. The first kappa shape index (κ1) is 13.1. The van der Waals surface area contributed by atoms with Crippen molar-refractivity contribution in [2.24, 2.45) is 5.92 Å². The van der Waals surface area contributed by atoms with Gasteiger partial charge in [0.2, 0.25) is 0 Å². The zero-order chi connectivity index (χ0) is 13.2. The third-order valence-electron chi connectivity index (χ3n) is 4.42. The lowest BCUT2D eigenvalue weighted by atomic mass is 10.1. The van der Waals surface area contributed by atoms with E-state index in [9.17, 15) is 0 Å². The summed E-state index contributed by atoms with van der Waals surface area (Å²) in [4.78, 5) is 2.60. The van der Waals surface area contributed by atoms with Crippen molar-refractivity contribution >= 4 is 0 Å². The largest absolute Gasteiger partial charge is 0.361 e. The maximum Gasteiger partial charge on any atom is 0.138 e. The molecule has 0 aromatic carbocycles. The molecule has 1 atom stereocenters. The van der Waals surface area contributed by atoms with E-state index in [2.05, 4.69) is 22.3 Å². The maximum atomic E-state index is 5.29. The van der Waals surface area contributed by atoms with Gasteiger partial charge in [0, 0.05) is 31.2 Å². The van der Waals surface area contributed by atoms with Crippen LogP contribution in [0.25, 0.3) is 0 Å². The van der Waals surface area contributed by atoms with Gasteiger partial charge in [-0.25, -0.2) is 0 Å². The summed E-state index contributed by atoms with van der Waals surface area (Å²) in [6.45, 7) is 8.67. The van der Waals surface area contributed by atoms with Gasteiger partial charge in [-0.05, 0) is 52.0 Å². The van der Waals surface area contributed by atoms with Gasteiger partial charge in [-0.3, -0.25) is 4.90 Å². The summed E-state index contributed by atoms with van der Waals surface area (Å²) in [5, 5.41) is 7.69. The van der Waals surface area contributed by atoms with E-state index in [-0.39, 0.29) is 0 Å². The normalized spacial score (nSPS) is 23.4. The molecule has 0 radical (unpaired) electrons. The molecule has 19 heavy (non-hydrogen) atoms. The SMILES string of the molecule is Cc1noc(C)c1CN(CC1CC1)CC1CCCN1. The molecular formula is C15H25N3O. The molecule has 1 saturated carbocycles. The van der Waals surface area contributed by atoms with Crippen LogP contribution in [-0.4, -0.2) is 35.7 Å². The molecule has 0 amide bonds. The van der Waals surface area contributed by atoms with Crippen LogP contribution >= 0.6 is 0 Å². The first-order valence-electron chi connectivity index (χ1n) is 7.60. The molecule has 0 bridgehead atoms.